The minimum Gasteiger partial charge on any atom is -0.490 e. The Morgan fingerprint density at radius 1 is 1.10 bits per heavy atom. The number of ether oxygens (including phenoxy) is 4. The van der Waals surface area contributed by atoms with Gasteiger partial charge in [0.1, 0.15) is 19.0 Å². The van der Waals surface area contributed by atoms with Gasteiger partial charge in [0, 0.05) is 25.4 Å². The van der Waals surface area contributed by atoms with E-state index in [1.54, 1.807) is 24.3 Å². The molecule has 3 rings (SSSR count). The van der Waals surface area contributed by atoms with E-state index in [-0.39, 0.29) is 18.1 Å². The van der Waals surface area contributed by atoms with Gasteiger partial charge >= 0.3 is 5.97 Å². The predicted molar refractivity (Wildman–Crippen MR) is 103 cm³/mol. The maximum absolute atomic E-state index is 12.6. The molecule has 0 bridgehead atoms. The Labute approximate surface area is 169 Å². The molecule has 0 N–H and O–H groups in total. The van der Waals surface area contributed by atoms with Gasteiger partial charge in [-0.15, -0.1) is 0 Å². The van der Waals surface area contributed by atoms with Crippen LogP contribution in [0.4, 0.5) is 0 Å². The first kappa shape index (κ1) is 21.0. The lowest BCUT2D eigenvalue weighted by atomic mass is 10.3. The number of hydrogen-bond acceptors (Lipinski definition) is 8. The summed E-state index contributed by atoms with van der Waals surface area (Å²) in [4.78, 5) is 16.1. The van der Waals surface area contributed by atoms with Crippen LogP contribution in [0.3, 0.4) is 0 Å². The van der Waals surface area contributed by atoms with Crippen molar-refractivity contribution in [1.82, 2.24) is 9.29 Å². The highest BCUT2D eigenvalue weighted by Crippen LogP contribution is 2.20. The average Bonchev–Trinajstić information content (AvgIpc) is 2.77. The van der Waals surface area contributed by atoms with E-state index in [9.17, 15) is 13.2 Å². The van der Waals surface area contributed by atoms with Crippen molar-refractivity contribution in [3.05, 3.63) is 48.2 Å². The van der Waals surface area contributed by atoms with Gasteiger partial charge in [0.25, 0.3) is 0 Å². The van der Waals surface area contributed by atoms with Crippen molar-refractivity contribution in [1.29, 1.82) is 0 Å². The van der Waals surface area contributed by atoms with E-state index in [2.05, 4.69) is 4.98 Å². The maximum atomic E-state index is 12.6. The smallest absolute Gasteiger partial charge is 0.339 e. The zero-order valence-corrected chi connectivity index (χ0v) is 16.8. The van der Waals surface area contributed by atoms with Gasteiger partial charge in [0.15, 0.2) is 0 Å². The van der Waals surface area contributed by atoms with Crippen molar-refractivity contribution in [2.45, 2.75) is 4.90 Å². The first-order valence-corrected chi connectivity index (χ1v) is 10.4. The van der Waals surface area contributed by atoms with Crippen LogP contribution >= 0.6 is 0 Å². The van der Waals surface area contributed by atoms with Crippen LogP contribution in [0.1, 0.15) is 10.4 Å². The van der Waals surface area contributed by atoms with Crippen molar-refractivity contribution in [3.63, 3.8) is 0 Å². The quantitative estimate of drug-likeness (QED) is 0.464. The van der Waals surface area contributed by atoms with E-state index in [4.69, 9.17) is 18.9 Å². The van der Waals surface area contributed by atoms with Crippen molar-refractivity contribution in [3.8, 4) is 11.6 Å². The van der Waals surface area contributed by atoms with E-state index in [1.165, 1.54) is 29.7 Å². The van der Waals surface area contributed by atoms with Crippen molar-refractivity contribution < 1.29 is 32.2 Å². The Balaban J connectivity index is 1.47. The standard InChI is InChI=1S/C19H22N2O7S/c1-25-18-7-2-15(14-20-18)19(22)28-13-12-27-16-3-5-17(6-4-16)29(23,24)21-8-10-26-11-9-21/h2-7,14H,8-13H2,1H3. The van der Waals surface area contributed by atoms with Gasteiger partial charge in [0.2, 0.25) is 15.9 Å². The summed E-state index contributed by atoms with van der Waals surface area (Å²) >= 11 is 0. The van der Waals surface area contributed by atoms with E-state index < -0.39 is 16.0 Å². The lowest BCUT2D eigenvalue weighted by Crippen LogP contribution is -2.40. The molecule has 0 amide bonds. The lowest BCUT2D eigenvalue weighted by Gasteiger charge is -2.26. The molecule has 1 fully saturated rings. The van der Waals surface area contributed by atoms with E-state index in [0.717, 1.165) is 0 Å². The van der Waals surface area contributed by atoms with Crippen LogP contribution in [0.25, 0.3) is 0 Å². The van der Waals surface area contributed by atoms with Gasteiger partial charge in [-0.25, -0.2) is 18.2 Å². The number of methoxy groups -OCH3 is 1. The molecule has 1 aliphatic rings. The Kier molecular flexibility index (Phi) is 7.02. The highest BCUT2D eigenvalue weighted by Gasteiger charge is 2.26. The van der Waals surface area contributed by atoms with Crippen molar-refractivity contribution >= 4 is 16.0 Å². The molecule has 10 heteroatoms. The predicted octanol–water partition coefficient (Wildman–Crippen LogP) is 1.35. The molecular weight excluding hydrogens is 400 g/mol. The molecule has 156 valence electrons. The van der Waals surface area contributed by atoms with E-state index in [0.29, 0.717) is 43.5 Å². The lowest BCUT2D eigenvalue weighted by molar-refractivity contribution is 0.0450. The van der Waals surface area contributed by atoms with Crippen LogP contribution in [-0.2, 0) is 19.5 Å². The molecule has 0 spiro atoms. The summed E-state index contributed by atoms with van der Waals surface area (Å²) in [5.74, 6) is 0.368. The summed E-state index contributed by atoms with van der Waals surface area (Å²) < 4.78 is 47.3. The van der Waals surface area contributed by atoms with Crippen molar-refractivity contribution in [2.75, 3.05) is 46.6 Å². The third-order valence-electron chi connectivity index (χ3n) is 4.20. The Bertz CT molecular complexity index is 909. The zero-order valence-electron chi connectivity index (χ0n) is 15.9. The summed E-state index contributed by atoms with van der Waals surface area (Å²) in [6.45, 7) is 1.65. The molecule has 0 unspecified atom stereocenters. The third-order valence-corrected chi connectivity index (χ3v) is 6.11. The topological polar surface area (TPSA) is 104 Å². The Hall–Kier alpha value is -2.69. The fraction of sp³-hybridized carbons (Fsp3) is 0.368. The molecule has 1 aromatic carbocycles. The molecule has 29 heavy (non-hydrogen) atoms. The van der Waals surface area contributed by atoms with Gasteiger partial charge in [-0.1, -0.05) is 0 Å². The van der Waals surface area contributed by atoms with Gasteiger partial charge in [-0.2, -0.15) is 4.31 Å². The number of carbonyl (C=O) groups excluding carboxylic acids is 1. The number of sulfonamides is 1. The third kappa shape index (κ3) is 5.43. The first-order chi connectivity index (χ1) is 14.0. The number of pyridine rings is 1. The summed E-state index contributed by atoms with van der Waals surface area (Å²) in [5.41, 5.74) is 0.309. The number of esters is 1. The molecule has 2 heterocycles. The molecule has 0 saturated carbocycles. The number of nitrogens with zero attached hydrogens (tertiary/aromatic N) is 2. The largest absolute Gasteiger partial charge is 0.490 e. The summed E-state index contributed by atoms with van der Waals surface area (Å²) in [7, 11) is -2.05. The monoisotopic (exact) mass is 422 g/mol. The molecule has 0 radical (unpaired) electrons. The van der Waals surface area contributed by atoms with Crippen LogP contribution in [0.5, 0.6) is 11.6 Å². The molecule has 1 saturated heterocycles. The van der Waals surface area contributed by atoms with Crippen LogP contribution in [-0.4, -0.2) is 70.3 Å². The van der Waals surface area contributed by atoms with Crippen LogP contribution in [0, 0.1) is 0 Å². The number of rotatable bonds is 8. The second-order valence-corrected chi connectivity index (χ2v) is 8.00. The number of benzene rings is 1. The molecule has 9 nitrogen and oxygen atoms in total. The summed E-state index contributed by atoms with van der Waals surface area (Å²) in [5, 5.41) is 0. The van der Waals surface area contributed by atoms with Gasteiger partial charge in [-0.05, 0) is 30.3 Å². The highest BCUT2D eigenvalue weighted by molar-refractivity contribution is 7.89. The Morgan fingerprint density at radius 3 is 2.45 bits per heavy atom. The maximum Gasteiger partial charge on any atom is 0.339 e. The molecule has 1 aromatic heterocycles. The molecular formula is C19H22N2O7S. The second kappa shape index (κ2) is 9.68. The summed E-state index contributed by atoms with van der Waals surface area (Å²) in [6, 6.07) is 9.26. The second-order valence-electron chi connectivity index (χ2n) is 6.06. The molecule has 2 aromatic rings. The number of carbonyl (C=O) groups is 1. The van der Waals surface area contributed by atoms with Gasteiger partial charge in [-0.3, -0.25) is 0 Å². The zero-order chi connectivity index (χ0) is 20.7. The van der Waals surface area contributed by atoms with Crippen LogP contribution in [0.2, 0.25) is 0 Å². The minimum atomic E-state index is -3.54. The molecule has 0 atom stereocenters. The highest BCUT2D eigenvalue weighted by atomic mass is 32.2. The summed E-state index contributed by atoms with van der Waals surface area (Å²) in [6.07, 6.45) is 1.37. The van der Waals surface area contributed by atoms with Gasteiger partial charge in [0.05, 0.1) is 30.8 Å². The van der Waals surface area contributed by atoms with E-state index in [1.807, 2.05) is 0 Å². The van der Waals surface area contributed by atoms with Crippen LogP contribution < -0.4 is 9.47 Å². The van der Waals surface area contributed by atoms with E-state index >= 15 is 0 Å². The van der Waals surface area contributed by atoms with Crippen LogP contribution in [0.15, 0.2) is 47.5 Å². The minimum absolute atomic E-state index is 0.0404. The fourth-order valence-electron chi connectivity index (χ4n) is 2.64. The number of morpholine rings is 1. The van der Waals surface area contributed by atoms with Gasteiger partial charge < -0.3 is 18.9 Å². The number of aromatic nitrogens is 1. The SMILES string of the molecule is COc1ccc(C(=O)OCCOc2ccc(S(=O)(=O)N3CCOCC3)cc2)cn1. The molecule has 1 aliphatic heterocycles. The first-order valence-electron chi connectivity index (χ1n) is 8.98. The fourth-order valence-corrected chi connectivity index (χ4v) is 4.05. The molecule has 0 aliphatic carbocycles. The average molecular weight is 422 g/mol. The normalized spacial score (nSPS) is 14.9. The Morgan fingerprint density at radius 2 is 1.83 bits per heavy atom. The van der Waals surface area contributed by atoms with Crippen molar-refractivity contribution in [2.24, 2.45) is 0 Å². The number of hydrogen-bond donors (Lipinski definition) is 0.